The molecule has 10 heavy (non-hydrogen) atoms. The number of hydrogen-bond donors (Lipinski definition) is 0. The largest absolute Gasteiger partial charge is 0.464 e. The fourth-order valence-electron chi connectivity index (χ4n) is 0.362. The lowest BCUT2D eigenvalue weighted by Gasteiger charge is -2.07. The number of hydrogen-bond acceptors (Lipinski definition) is 4. The van der Waals surface area contributed by atoms with Crippen LogP contribution in [-0.4, -0.2) is 35.7 Å². The molecule has 0 aromatic heterocycles. The third kappa shape index (κ3) is 4.48. The summed E-state index contributed by atoms with van der Waals surface area (Å²) in [6.45, 7) is 1.35. The smallest absolute Gasteiger partial charge is 0.425 e. The van der Waals surface area contributed by atoms with Gasteiger partial charge in [-0.05, 0) is 0 Å². The van der Waals surface area contributed by atoms with E-state index in [0.29, 0.717) is 0 Å². The van der Waals surface area contributed by atoms with Crippen LogP contribution >= 0.6 is 0 Å². The van der Waals surface area contributed by atoms with E-state index in [-0.39, 0.29) is 12.2 Å². The second-order valence-corrected chi connectivity index (χ2v) is 3.41. The molecule has 0 amide bonds. The molecule has 0 atom stereocenters. The highest BCUT2D eigenvalue weighted by atomic mass is 28.3. The average molecular weight is 163 g/mol. The highest BCUT2D eigenvalue weighted by Crippen LogP contribution is 1.86. The van der Waals surface area contributed by atoms with Gasteiger partial charge in [0.15, 0.2) is 0 Å². The minimum Gasteiger partial charge on any atom is -0.464 e. The zero-order valence-electron chi connectivity index (χ0n) is 6.34. The SMILES string of the molecule is CO[Si](COC(C)=O)OC. The molecule has 0 fully saturated rings. The molecule has 0 aliphatic rings. The van der Waals surface area contributed by atoms with Crippen LogP contribution in [0.5, 0.6) is 0 Å². The van der Waals surface area contributed by atoms with Crippen molar-refractivity contribution in [3.05, 3.63) is 0 Å². The Labute approximate surface area is 61.9 Å². The first-order chi connectivity index (χ1) is 4.70. The summed E-state index contributed by atoms with van der Waals surface area (Å²) in [4.78, 5) is 10.3. The third-order valence-corrected chi connectivity index (χ3v) is 2.14. The van der Waals surface area contributed by atoms with Gasteiger partial charge < -0.3 is 13.6 Å². The molecule has 0 heterocycles. The number of ether oxygens (including phenoxy) is 1. The summed E-state index contributed by atoms with van der Waals surface area (Å²) in [5.74, 6) is -0.309. The second-order valence-electron chi connectivity index (χ2n) is 1.56. The second kappa shape index (κ2) is 5.40. The van der Waals surface area contributed by atoms with Crippen LogP contribution in [0.2, 0.25) is 0 Å². The number of esters is 1. The van der Waals surface area contributed by atoms with Crippen LogP contribution in [0.3, 0.4) is 0 Å². The number of carbonyl (C=O) groups is 1. The molecule has 5 heteroatoms. The normalized spacial score (nSPS) is 10.0. The summed E-state index contributed by atoms with van der Waals surface area (Å²) in [5.41, 5.74) is 0. The summed E-state index contributed by atoms with van der Waals surface area (Å²) < 4.78 is 14.3. The predicted molar refractivity (Wildman–Crippen MR) is 36.4 cm³/mol. The van der Waals surface area contributed by atoms with Crippen molar-refractivity contribution in [1.82, 2.24) is 0 Å². The highest BCUT2D eigenvalue weighted by molar-refractivity contribution is 6.44. The first-order valence-electron chi connectivity index (χ1n) is 2.78. The van der Waals surface area contributed by atoms with Crippen LogP contribution in [0, 0.1) is 0 Å². The van der Waals surface area contributed by atoms with E-state index in [2.05, 4.69) is 4.74 Å². The van der Waals surface area contributed by atoms with Crippen molar-refractivity contribution in [2.45, 2.75) is 6.92 Å². The maximum absolute atomic E-state index is 10.3. The van der Waals surface area contributed by atoms with Gasteiger partial charge in [-0.3, -0.25) is 4.79 Å². The van der Waals surface area contributed by atoms with E-state index in [4.69, 9.17) is 8.85 Å². The van der Waals surface area contributed by atoms with Crippen molar-refractivity contribution in [2.75, 3.05) is 20.4 Å². The molecule has 0 aliphatic heterocycles. The Morgan fingerprint density at radius 1 is 1.40 bits per heavy atom. The maximum Gasteiger partial charge on any atom is 0.425 e. The highest BCUT2D eigenvalue weighted by Gasteiger charge is 2.13. The van der Waals surface area contributed by atoms with Crippen molar-refractivity contribution >= 4 is 15.3 Å². The molecule has 4 nitrogen and oxygen atoms in total. The maximum atomic E-state index is 10.3. The van der Waals surface area contributed by atoms with Crippen LogP contribution in [0.4, 0.5) is 0 Å². The van der Waals surface area contributed by atoms with Gasteiger partial charge in [-0.1, -0.05) is 0 Å². The molecule has 0 aliphatic carbocycles. The third-order valence-electron chi connectivity index (χ3n) is 0.849. The first-order valence-corrected chi connectivity index (χ1v) is 4.30. The minimum atomic E-state index is -1.36. The molecule has 0 unspecified atom stereocenters. The number of rotatable bonds is 4. The van der Waals surface area contributed by atoms with E-state index in [9.17, 15) is 4.79 Å². The van der Waals surface area contributed by atoms with Gasteiger partial charge in [0.2, 0.25) is 0 Å². The molecule has 0 bridgehead atoms. The van der Waals surface area contributed by atoms with Gasteiger partial charge in [-0.15, -0.1) is 0 Å². The van der Waals surface area contributed by atoms with Gasteiger partial charge in [0.25, 0.3) is 0 Å². The van der Waals surface area contributed by atoms with Crippen molar-refractivity contribution < 1.29 is 18.4 Å². The summed E-state index contributed by atoms with van der Waals surface area (Å²) in [6, 6.07) is 0. The van der Waals surface area contributed by atoms with E-state index in [1.165, 1.54) is 21.1 Å². The molecular weight excluding hydrogens is 152 g/mol. The van der Waals surface area contributed by atoms with Crippen molar-refractivity contribution in [3.63, 3.8) is 0 Å². The summed E-state index contributed by atoms with van der Waals surface area (Å²) in [5, 5.41) is 0. The van der Waals surface area contributed by atoms with Gasteiger partial charge in [-0.25, -0.2) is 0 Å². The number of carbonyl (C=O) groups excluding carboxylic acids is 1. The topological polar surface area (TPSA) is 44.8 Å². The lowest BCUT2D eigenvalue weighted by Crippen LogP contribution is -2.27. The van der Waals surface area contributed by atoms with Crippen molar-refractivity contribution in [1.29, 1.82) is 0 Å². The monoisotopic (exact) mass is 163 g/mol. The fraction of sp³-hybridized carbons (Fsp3) is 0.800. The molecular formula is C5H11O4Si. The summed E-state index contributed by atoms with van der Waals surface area (Å²) in [6.07, 6.45) is 0.243. The molecule has 0 saturated heterocycles. The first kappa shape index (κ1) is 9.61. The van der Waals surface area contributed by atoms with Gasteiger partial charge in [-0.2, -0.15) is 0 Å². The molecule has 0 N–H and O–H groups in total. The molecule has 59 valence electrons. The van der Waals surface area contributed by atoms with Crippen molar-refractivity contribution in [2.24, 2.45) is 0 Å². The van der Waals surface area contributed by atoms with E-state index in [1.807, 2.05) is 0 Å². The molecule has 1 radical (unpaired) electrons. The van der Waals surface area contributed by atoms with E-state index in [1.54, 1.807) is 0 Å². The van der Waals surface area contributed by atoms with Gasteiger partial charge >= 0.3 is 15.3 Å². The van der Waals surface area contributed by atoms with Crippen LogP contribution in [-0.2, 0) is 18.4 Å². The lowest BCUT2D eigenvalue weighted by molar-refractivity contribution is -0.139. The predicted octanol–water partition coefficient (Wildman–Crippen LogP) is -0.130. The Hall–Kier alpha value is -0.393. The lowest BCUT2D eigenvalue weighted by atomic mass is 10.8. The van der Waals surface area contributed by atoms with Crippen LogP contribution in [0.25, 0.3) is 0 Å². The van der Waals surface area contributed by atoms with Crippen LogP contribution < -0.4 is 0 Å². The summed E-state index contributed by atoms with van der Waals surface area (Å²) in [7, 11) is 1.70. The molecule has 0 saturated carbocycles. The average Bonchev–Trinajstić information content (AvgIpc) is 1.90. The fourth-order valence-corrected chi connectivity index (χ4v) is 1.09. The van der Waals surface area contributed by atoms with E-state index < -0.39 is 9.28 Å². The minimum absolute atomic E-state index is 0.243. The molecule has 0 aromatic carbocycles. The quantitative estimate of drug-likeness (QED) is 0.428. The Morgan fingerprint density at radius 3 is 2.20 bits per heavy atom. The molecule has 0 rings (SSSR count). The Kier molecular flexibility index (Phi) is 5.18. The molecule has 0 aromatic rings. The zero-order valence-corrected chi connectivity index (χ0v) is 7.34. The van der Waals surface area contributed by atoms with Crippen molar-refractivity contribution in [3.8, 4) is 0 Å². The van der Waals surface area contributed by atoms with E-state index >= 15 is 0 Å². The zero-order chi connectivity index (χ0) is 7.98. The Balaban J connectivity index is 3.34. The summed E-state index contributed by atoms with van der Waals surface area (Å²) >= 11 is 0. The van der Waals surface area contributed by atoms with Crippen LogP contribution in [0.15, 0.2) is 0 Å². The van der Waals surface area contributed by atoms with E-state index in [0.717, 1.165) is 0 Å². The Bertz CT molecular complexity index is 102. The van der Waals surface area contributed by atoms with Crippen LogP contribution in [0.1, 0.15) is 6.92 Å². The molecule has 0 spiro atoms. The standard InChI is InChI=1S/C5H11O4Si/c1-5(6)9-4-10(7-2)8-3/h4H2,1-3H3. The van der Waals surface area contributed by atoms with Gasteiger partial charge in [0.1, 0.15) is 6.23 Å². The van der Waals surface area contributed by atoms with Gasteiger partial charge in [0, 0.05) is 21.1 Å². The Morgan fingerprint density at radius 2 is 1.90 bits per heavy atom. The van der Waals surface area contributed by atoms with Gasteiger partial charge in [0.05, 0.1) is 0 Å².